The van der Waals surface area contributed by atoms with E-state index in [-0.39, 0.29) is 0 Å². The van der Waals surface area contributed by atoms with E-state index in [0.29, 0.717) is 0 Å². The quantitative estimate of drug-likeness (QED) is 0.814. The van der Waals surface area contributed by atoms with Gasteiger partial charge in [-0.15, -0.1) is 0 Å². The Bertz CT molecular complexity index is 449. The number of hydrogen-bond donors (Lipinski definition) is 2. The maximum atomic E-state index is 4.39. The van der Waals surface area contributed by atoms with Crippen molar-refractivity contribution in [1.29, 1.82) is 0 Å². The molecule has 0 bridgehead atoms. The van der Waals surface area contributed by atoms with Gasteiger partial charge in [-0.3, -0.25) is 4.98 Å². The summed E-state index contributed by atoms with van der Waals surface area (Å²) < 4.78 is 0. The number of nitrogens with zero attached hydrogens (tertiary/aromatic N) is 3. The Balaban J connectivity index is 1.87. The van der Waals surface area contributed by atoms with Crippen LogP contribution in [0.15, 0.2) is 18.7 Å². The van der Waals surface area contributed by atoms with Crippen molar-refractivity contribution < 1.29 is 0 Å². The fourth-order valence-corrected chi connectivity index (χ4v) is 1.37. The van der Waals surface area contributed by atoms with E-state index in [4.69, 9.17) is 0 Å². The van der Waals surface area contributed by atoms with Crippen molar-refractivity contribution in [3.63, 3.8) is 0 Å². The standard InChI is InChI=1S/C11H15N5/c1-8-9(2)16-11(6-14-8)13-4-3-10-5-12-7-15-10/h5-7H,3-4H2,1-2H3,(H,12,15)(H,13,16). The molecule has 5 nitrogen and oxygen atoms in total. The lowest BCUT2D eigenvalue weighted by Crippen LogP contribution is -2.08. The number of rotatable bonds is 4. The molecular weight excluding hydrogens is 202 g/mol. The van der Waals surface area contributed by atoms with E-state index in [1.54, 1.807) is 12.5 Å². The summed E-state index contributed by atoms with van der Waals surface area (Å²) in [5.74, 6) is 0.822. The second-order valence-electron chi connectivity index (χ2n) is 3.68. The third-order valence-electron chi connectivity index (χ3n) is 2.45. The monoisotopic (exact) mass is 217 g/mol. The molecule has 0 aliphatic carbocycles. The van der Waals surface area contributed by atoms with Gasteiger partial charge in [0.15, 0.2) is 0 Å². The fraction of sp³-hybridized carbons (Fsp3) is 0.364. The van der Waals surface area contributed by atoms with Crippen molar-refractivity contribution in [2.45, 2.75) is 20.3 Å². The maximum Gasteiger partial charge on any atom is 0.144 e. The first-order valence-corrected chi connectivity index (χ1v) is 5.27. The molecule has 0 amide bonds. The molecule has 0 radical (unpaired) electrons. The third-order valence-corrected chi connectivity index (χ3v) is 2.45. The lowest BCUT2D eigenvalue weighted by molar-refractivity contribution is 0.952. The number of aryl methyl sites for hydroxylation is 2. The van der Waals surface area contributed by atoms with E-state index < -0.39 is 0 Å². The van der Waals surface area contributed by atoms with Gasteiger partial charge in [0.05, 0.1) is 23.9 Å². The molecule has 2 N–H and O–H groups in total. The molecule has 84 valence electrons. The number of aromatic amines is 1. The highest BCUT2D eigenvalue weighted by atomic mass is 15.0. The summed E-state index contributed by atoms with van der Waals surface area (Å²) in [5.41, 5.74) is 3.05. The Morgan fingerprint density at radius 2 is 2.12 bits per heavy atom. The van der Waals surface area contributed by atoms with E-state index in [0.717, 1.165) is 35.9 Å². The average Bonchev–Trinajstić information content (AvgIpc) is 2.76. The van der Waals surface area contributed by atoms with Crippen LogP contribution in [0.1, 0.15) is 17.1 Å². The summed E-state index contributed by atoms with van der Waals surface area (Å²) in [7, 11) is 0. The SMILES string of the molecule is Cc1ncc(NCCc2cnc[nH]2)nc1C. The lowest BCUT2D eigenvalue weighted by atomic mass is 10.3. The van der Waals surface area contributed by atoms with E-state index in [1.165, 1.54) is 0 Å². The molecular formula is C11H15N5. The zero-order valence-corrected chi connectivity index (χ0v) is 9.49. The maximum absolute atomic E-state index is 4.39. The first-order chi connectivity index (χ1) is 7.75. The minimum Gasteiger partial charge on any atom is -0.368 e. The Kier molecular flexibility index (Phi) is 3.14. The summed E-state index contributed by atoms with van der Waals surface area (Å²) in [6, 6.07) is 0. The Hall–Kier alpha value is -1.91. The summed E-state index contributed by atoms with van der Waals surface area (Å²) >= 11 is 0. The van der Waals surface area contributed by atoms with E-state index in [9.17, 15) is 0 Å². The topological polar surface area (TPSA) is 66.5 Å². The normalized spacial score (nSPS) is 10.4. The van der Waals surface area contributed by atoms with Crippen molar-refractivity contribution in [3.8, 4) is 0 Å². The Labute approximate surface area is 94.4 Å². The number of anilines is 1. The molecule has 2 rings (SSSR count). The van der Waals surface area contributed by atoms with E-state index in [2.05, 4.69) is 25.3 Å². The van der Waals surface area contributed by atoms with Crippen LogP contribution < -0.4 is 5.32 Å². The van der Waals surface area contributed by atoms with Crippen molar-refractivity contribution >= 4 is 5.82 Å². The van der Waals surface area contributed by atoms with Crippen LogP contribution >= 0.6 is 0 Å². The molecule has 5 heteroatoms. The largest absolute Gasteiger partial charge is 0.368 e. The molecule has 0 unspecified atom stereocenters. The van der Waals surface area contributed by atoms with Gasteiger partial charge in [0.25, 0.3) is 0 Å². The van der Waals surface area contributed by atoms with Crippen LogP contribution in [-0.4, -0.2) is 26.5 Å². The Morgan fingerprint density at radius 1 is 1.25 bits per heavy atom. The van der Waals surface area contributed by atoms with Gasteiger partial charge in [-0.05, 0) is 13.8 Å². The summed E-state index contributed by atoms with van der Waals surface area (Å²) in [6.45, 7) is 4.73. The molecule has 0 spiro atoms. The van der Waals surface area contributed by atoms with Crippen LogP contribution in [0.4, 0.5) is 5.82 Å². The minimum atomic E-state index is 0.819. The van der Waals surface area contributed by atoms with Crippen LogP contribution in [0.2, 0.25) is 0 Å². The van der Waals surface area contributed by atoms with Crippen LogP contribution in [-0.2, 0) is 6.42 Å². The molecule has 0 aliphatic heterocycles. The number of hydrogen-bond acceptors (Lipinski definition) is 4. The smallest absolute Gasteiger partial charge is 0.144 e. The first-order valence-electron chi connectivity index (χ1n) is 5.27. The molecule has 0 aromatic carbocycles. The molecule has 0 saturated carbocycles. The van der Waals surface area contributed by atoms with Gasteiger partial charge in [0, 0.05) is 24.9 Å². The van der Waals surface area contributed by atoms with Crippen molar-refractivity contribution in [2.75, 3.05) is 11.9 Å². The summed E-state index contributed by atoms with van der Waals surface area (Å²) in [5, 5.41) is 3.23. The molecule has 0 fully saturated rings. The van der Waals surface area contributed by atoms with Gasteiger partial charge in [-0.25, -0.2) is 9.97 Å². The molecule has 2 heterocycles. The summed E-state index contributed by atoms with van der Waals surface area (Å²) in [4.78, 5) is 15.7. The lowest BCUT2D eigenvalue weighted by Gasteiger charge is -2.05. The van der Waals surface area contributed by atoms with Gasteiger partial charge < -0.3 is 10.3 Å². The van der Waals surface area contributed by atoms with Crippen LogP contribution in [0.25, 0.3) is 0 Å². The van der Waals surface area contributed by atoms with Crippen LogP contribution in [0, 0.1) is 13.8 Å². The van der Waals surface area contributed by atoms with Gasteiger partial charge >= 0.3 is 0 Å². The predicted molar refractivity (Wildman–Crippen MR) is 62.3 cm³/mol. The average molecular weight is 217 g/mol. The number of aromatic nitrogens is 4. The number of H-pyrrole nitrogens is 1. The highest BCUT2D eigenvalue weighted by Gasteiger charge is 1.99. The Morgan fingerprint density at radius 3 is 2.81 bits per heavy atom. The molecule has 0 aliphatic rings. The second kappa shape index (κ2) is 4.74. The molecule has 16 heavy (non-hydrogen) atoms. The van der Waals surface area contributed by atoms with E-state index >= 15 is 0 Å². The van der Waals surface area contributed by atoms with Gasteiger partial charge in [0.1, 0.15) is 5.82 Å². The van der Waals surface area contributed by atoms with Crippen LogP contribution in [0.3, 0.4) is 0 Å². The summed E-state index contributed by atoms with van der Waals surface area (Å²) in [6.07, 6.45) is 6.17. The highest BCUT2D eigenvalue weighted by molar-refractivity contribution is 5.33. The van der Waals surface area contributed by atoms with Gasteiger partial charge in [-0.2, -0.15) is 0 Å². The number of imidazole rings is 1. The second-order valence-corrected chi connectivity index (χ2v) is 3.68. The highest BCUT2D eigenvalue weighted by Crippen LogP contribution is 2.05. The molecule has 2 aromatic rings. The minimum absolute atomic E-state index is 0.819. The molecule has 0 saturated heterocycles. The van der Waals surface area contributed by atoms with E-state index in [1.807, 2.05) is 20.0 Å². The van der Waals surface area contributed by atoms with Crippen molar-refractivity contribution in [3.05, 3.63) is 35.8 Å². The number of nitrogens with one attached hydrogen (secondary N) is 2. The van der Waals surface area contributed by atoms with Gasteiger partial charge in [-0.1, -0.05) is 0 Å². The predicted octanol–water partition coefficient (Wildman–Crippen LogP) is 1.47. The zero-order valence-electron chi connectivity index (χ0n) is 9.49. The zero-order chi connectivity index (χ0) is 11.4. The molecule has 2 aromatic heterocycles. The van der Waals surface area contributed by atoms with Crippen LogP contribution in [0.5, 0.6) is 0 Å². The van der Waals surface area contributed by atoms with Crippen molar-refractivity contribution in [2.24, 2.45) is 0 Å². The first kappa shape index (κ1) is 10.6. The van der Waals surface area contributed by atoms with Crippen molar-refractivity contribution in [1.82, 2.24) is 19.9 Å². The molecule has 0 atom stereocenters. The fourth-order valence-electron chi connectivity index (χ4n) is 1.37. The van der Waals surface area contributed by atoms with Gasteiger partial charge in [0.2, 0.25) is 0 Å². The third kappa shape index (κ3) is 2.56.